The molecule has 5 nitrogen and oxygen atoms in total. The van der Waals surface area contributed by atoms with E-state index >= 15 is 0 Å². The van der Waals surface area contributed by atoms with E-state index < -0.39 is 11.9 Å². The van der Waals surface area contributed by atoms with Crippen molar-refractivity contribution in [2.45, 2.75) is 0 Å². The van der Waals surface area contributed by atoms with Crippen LogP contribution in [0.2, 0.25) is 0 Å². The van der Waals surface area contributed by atoms with Gasteiger partial charge < -0.3 is 15.2 Å². The van der Waals surface area contributed by atoms with Crippen molar-refractivity contribution in [2.24, 2.45) is 0 Å². The number of hydrogen-bond donors (Lipinski definition) is 2. The molecule has 0 amide bonds. The van der Waals surface area contributed by atoms with Gasteiger partial charge in [-0.3, -0.25) is 0 Å². The van der Waals surface area contributed by atoms with E-state index in [0.717, 1.165) is 3.57 Å². The largest absolute Gasteiger partial charge is 0.478 e. The lowest BCUT2D eigenvalue weighted by Crippen LogP contribution is -2.08. The second-order valence-electron chi connectivity index (χ2n) is 4.16. The van der Waals surface area contributed by atoms with Gasteiger partial charge in [0.15, 0.2) is 0 Å². The van der Waals surface area contributed by atoms with E-state index in [1.807, 2.05) is 6.07 Å². The minimum Gasteiger partial charge on any atom is -0.478 e. The quantitative estimate of drug-likeness (QED) is 0.610. The molecule has 0 aliphatic rings. The van der Waals surface area contributed by atoms with Gasteiger partial charge in [0, 0.05) is 3.57 Å². The van der Waals surface area contributed by atoms with Gasteiger partial charge in [0.2, 0.25) is 0 Å². The summed E-state index contributed by atoms with van der Waals surface area (Å²) in [6, 6.07) is 11.7. The summed E-state index contributed by atoms with van der Waals surface area (Å²) in [4.78, 5) is 23.0. The van der Waals surface area contributed by atoms with Gasteiger partial charge in [0.05, 0.1) is 29.6 Å². The first-order valence-corrected chi connectivity index (χ1v) is 7.08. The lowest BCUT2D eigenvalue weighted by molar-refractivity contribution is 0.0601. The Bertz CT molecular complexity index is 700. The fourth-order valence-electron chi connectivity index (χ4n) is 1.83. The molecule has 6 heteroatoms. The molecular formula is C15H12INO4. The van der Waals surface area contributed by atoms with Crippen molar-refractivity contribution in [1.29, 1.82) is 0 Å². The molecule has 0 heterocycles. The zero-order valence-corrected chi connectivity index (χ0v) is 13.2. The Kier molecular flexibility index (Phi) is 4.79. The van der Waals surface area contributed by atoms with Crippen LogP contribution >= 0.6 is 22.6 Å². The Hall–Kier alpha value is -2.09. The molecule has 108 valence electrons. The van der Waals surface area contributed by atoms with E-state index in [2.05, 4.69) is 27.9 Å². The average Bonchev–Trinajstić information content (AvgIpc) is 2.48. The molecule has 2 N–H and O–H groups in total. The van der Waals surface area contributed by atoms with Gasteiger partial charge in [-0.05, 0) is 52.9 Å². The minimum atomic E-state index is -1.04. The molecule has 0 bridgehead atoms. The molecule has 0 aromatic heterocycles. The monoisotopic (exact) mass is 397 g/mol. The molecule has 0 radical (unpaired) electrons. The van der Waals surface area contributed by atoms with Crippen molar-refractivity contribution in [1.82, 2.24) is 0 Å². The van der Waals surface area contributed by atoms with Crippen molar-refractivity contribution in [3.63, 3.8) is 0 Å². The van der Waals surface area contributed by atoms with Crippen LogP contribution in [0.5, 0.6) is 0 Å². The van der Waals surface area contributed by atoms with Gasteiger partial charge in [0.25, 0.3) is 0 Å². The molecule has 0 unspecified atom stereocenters. The molecule has 0 fully saturated rings. The van der Waals surface area contributed by atoms with Crippen LogP contribution in [0.4, 0.5) is 11.4 Å². The predicted molar refractivity (Wildman–Crippen MR) is 87.2 cm³/mol. The molecule has 2 rings (SSSR count). The SMILES string of the molecule is COC(=O)c1cc(I)ccc1Nc1ccccc1C(=O)O. The number of nitrogens with one attached hydrogen (secondary N) is 1. The number of ether oxygens (including phenoxy) is 1. The summed E-state index contributed by atoms with van der Waals surface area (Å²) in [6.07, 6.45) is 0. The standard InChI is InChI=1S/C15H12INO4/c1-21-15(20)11-8-9(16)6-7-13(11)17-12-5-3-2-4-10(12)14(18)19/h2-8,17H,1H3,(H,18,19). The Balaban J connectivity index is 2.45. The van der Waals surface area contributed by atoms with Gasteiger partial charge >= 0.3 is 11.9 Å². The first-order valence-electron chi connectivity index (χ1n) is 6.00. The number of carboxylic acid groups (broad SMARTS) is 1. The van der Waals surface area contributed by atoms with E-state index in [1.165, 1.54) is 13.2 Å². The van der Waals surface area contributed by atoms with Crippen LogP contribution in [0.15, 0.2) is 42.5 Å². The van der Waals surface area contributed by atoms with E-state index in [0.29, 0.717) is 16.9 Å². The maximum Gasteiger partial charge on any atom is 0.340 e. The molecule has 0 spiro atoms. The second-order valence-corrected chi connectivity index (χ2v) is 5.40. The Morgan fingerprint density at radius 1 is 1.10 bits per heavy atom. The molecule has 2 aromatic carbocycles. The van der Waals surface area contributed by atoms with Crippen molar-refractivity contribution >= 4 is 45.9 Å². The summed E-state index contributed by atoms with van der Waals surface area (Å²) < 4.78 is 5.63. The number of carboxylic acids is 1. The number of benzene rings is 2. The van der Waals surface area contributed by atoms with E-state index in [9.17, 15) is 14.7 Å². The lowest BCUT2D eigenvalue weighted by Gasteiger charge is -2.13. The molecule has 0 atom stereocenters. The number of carbonyl (C=O) groups excluding carboxylic acids is 1. The molecule has 0 saturated carbocycles. The molecular weight excluding hydrogens is 385 g/mol. The number of aromatic carboxylic acids is 1. The van der Waals surface area contributed by atoms with Crippen LogP contribution in [-0.2, 0) is 4.74 Å². The normalized spacial score (nSPS) is 10.0. The van der Waals surface area contributed by atoms with Crippen molar-refractivity contribution in [2.75, 3.05) is 12.4 Å². The number of hydrogen-bond acceptors (Lipinski definition) is 4. The Morgan fingerprint density at radius 3 is 2.43 bits per heavy atom. The van der Waals surface area contributed by atoms with Crippen molar-refractivity contribution < 1.29 is 19.4 Å². The molecule has 0 saturated heterocycles. The predicted octanol–water partition coefficient (Wildman–Crippen LogP) is 3.52. The zero-order chi connectivity index (χ0) is 15.4. The zero-order valence-electron chi connectivity index (χ0n) is 11.1. The summed E-state index contributed by atoms with van der Waals surface area (Å²) >= 11 is 2.09. The summed E-state index contributed by atoms with van der Waals surface area (Å²) in [5.41, 5.74) is 1.39. The highest BCUT2D eigenvalue weighted by atomic mass is 127. The number of methoxy groups -OCH3 is 1. The third kappa shape index (κ3) is 3.52. The van der Waals surface area contributed by atoms with Gasteiger partial charge in [0.1, 0.15) is 0 Å². The highest BCUT2D eigenvalue weighted by molar-refractivity contribution is 14.1. The van der Waals surface area contributed by atoms with Crippen LogP contribution in [-0.4, -0.2) is 24.2 Å². The number of esters is 1. The van der Waals surface area contributed by atoms with Crippen molar-refractivity contribution in [3.05, 3.63) is 57.2 Å². The van der Waals surface area contributed by atoms with Crippen LogP contribution in [0.3, 0.4) is 0 Å². The smallest absolute Gasteiger partial charge is 0.340 e. The van der Waals surface area contributed by atoms with Crippen LogP contribution < -0.4 is 5.32 Å². The number of para-hydroxylation sites is 1. The molecule has 0 aliphatic heterocycles. The fraction of sp³-hybridized carbons (Fsp3) is 0.0667. The molecule has 21 heavy (non-hydrogen) atoms. The van der Waals surface area contributed by atoms with Gasteiger partial charge in [-0.2, -0.15) is 0 Å². The summed E-state index contributed by atoms with van der Waals surface area (Å²) in [5.74, 6) is -1.52. The van der Waals surface area contributed by atoms with E-state index in [-0.39, 0.29) is 5.56 Å². The molecule has 0 aliphatic carbocycles. The van der Waals surface area contributed by atoms with Crippen molar-refractivity contribution in [3.8, 4) is 0 Å². The summed E-state index contributed by atoms with van der Waals surface area (Å²) in [5, 5.41) is 12.2. The third-order valence-electron chi connectivity index (χ3n) is 2.81. The second kappa shape index (κ2) is 6.57. The third-order valence-corrected chi connectivity index (χ3v) is 3.48. The fourth-order valence-corrected chi connectivity index (χ4v) is 2.32. The number of carbonyl (C=O) groups is 2. The summed E-state index contributed by atoms with van der Waals surface area (Å²) in [6.45, 7) is 0. The van der Waals surface area contributed by atoms with Crippen LogP contribution in [0.25, 0.3) is 0 Å². The number of rotatable bonds is 4. The first kappa shape index (κ1) is 15.3. The van der Waals surface area contributed by atoms with Gasteiger partial charge in [-0.1, -0.05) is 12.1 Å². The molecule has 2 aromatic rings. The maximum atomic E-state index is 11.8. The number of halogens is 1. The minimum absolute atomic E-state index is 0.131. The van der Waals surface area contributed by atoms with Crippen LogP contribution in [0.1, 0.15) is 20.7 Å². The van der Waals surface area contributed by atoms with Crippen LogP contribution in [0, 0.1) is 3.57 Å². The highest BCUT2D eigenvalue weighted by Crippen LogP contribution is 2.26. The van der Waals surface area contributed by atoms with Gasteiger partial charge in [-0.25, -0.2) is 9.59 Å². The summed E-state index contributed by atoms with van der Waals surface area (Å²) in [7, 11) is 1.30. The Morgan fingerprint density at radius 2 is 1.76 bits per heavy atom. The number of anilines is 2. The maximum absolute atomic E-state index is 11.8. The van der Waals surface area contributed by atoms with E-state index in [4.69, 9.17) is 4.74 Å². The van der Waals surface area contributed by atoms with E-state index in [1.54, 1.807) is 30.3 Å². The Labute approximate surface area is 135 Å². The average molecular weight is 397 g/mol. The lowest BCUT2D eigenvalue weighted by atomic mass is 10.1. The first-order chi connectivity index (χ1) is 10.0. The highest BCUT2D eigenvalue weighted by Gasteiger charge is 2.15. The van der Waals surface area contributed by atoms with Gasteiger partial charge in [-0.15, -0.1) is 0 Å². The topological polar surface area (TPSA) is 75.6 Å².